The molecule has 1 aromatic carbocycles. The van der Waals surface area contributed by atoms with Gasteiger partial charge in [0.15, 0.2) is 0 Å². The number of benzene rings is 1. The summed E-state index contributed by atoms with van der Waals surface area (Å²) in [5.74, 6) is 0.808. The second kappa shape index (κ2) is 5.15. The standard InChI is InChI=1S/C10H10Cl2O/c11-6-2-1-3-8-7-9(13)4-5-10(8)12/h1,3-5,7,13H,2,6H2. The molecule has 0 amide bonds. The van der Waals surface area contributed by atoms with Gasteiger partial charge in [0.1, 0.15) is 5.75 Å². The lowest BCUT2D eigenvalue weighted by atomic mass is 10.2. The molecule has 0 atom stereocenters. The van der Waals surface area contributed by atoms with Crippen LogP contribution in [0.15, 0.2) is 24.3 Å². The molecule has 1 aromatic rings. The maximum absolute atomic E-state index is 9.18. The van der Waals surface area contributed by atoms with Gasteiger partial charge in [0, 0.05) is 10.9 Å². The van der Waals surface area contributed by atoms with Crippen molar-refractivity contribution in [2.75, 3.05) is 5.88 Å². The number of hydrogen-bond acceptors (Lipinski definition) is 1. The van der Waals surface area contributed by atoms with Crippen LogP contribution in [-0.2, 0) is 0 Å². The molecule has 0 aliphatic carbocycles. The molecule has 0 unspecified atom stereocenters. The highest BCUT2D eigenvalue weighted by atomic mass is 35.5. The maximum Gasteiger partial charge on any atom is 0.116 e. The molecular weight excluding hydrogens is 207 g/mol. The molecule has 0 saturated heterocycles. The van der Waals surface area contributed by atoms with Gasteiger partial charge in [0.05, 0.1) is 0 Å². The van der Waals surface area contributed by atoms with E-state index in [2.05, 4.69) is 0 Å². The molecule has 0 aromatic heterocycles. The molecule has 1 rings (SSSR count). The van der Waals surface area contributed by atoms with Crippen LogP contribution in [0.2, 0.25) is 5.02 Å². The average molecular weight is 217 g/mol. The summed E-state index contributed by atoms with van der Waals surface area (Å²) in [5, 5.41) is 9.80. The monoisotopic (exact) mass is 216 g/mol. The highest BCUT2D eigenvalue weighted by molar-refractivity contribution is 6.32. The Balaban J connectivity index is 2.81. The molecule has 0 spiro atoms. The van der Waals surface area contributed by atoms with Crippen LogP contribution < -0.4 is 0 Å². The minimum absolute atomic E-state index is 0.218. The fourth-order valence-corrected chi connectivity index (χ4v) is 1.24. The van der Waals surface area contributed by atoms with E-state index in [0.29, 0.717) is 10.9 Å². The van der Waals surface area contributed by atoms with Crippen molar-refractivity contribution >= 4 is 29.3 Å². The van der Waals surface area contributed by atoms with Crippen molar-refractivity contribution in [3.8, 4) is 5.75 Å². The summed E-state index contributed by atoms with van der Waals surface area (Å²) in [4.78, 5) is 0. The molecule has 0 bridgehead atoms. The van der Waals surface area contributed by atoms with E-state index in [1.807, 2.05) is 12.2 Å². The third-order valence-corrected chi connectivity index (χ3v) is 2.12. The lowest BCUT2D eigenvalue weighted by molar-refractivity contribution is 0.475. The Bertz CT molecular complexity index is 308. The minimum Gasteiger partial charge on any atom is -0.508 e. The van der Waals surface area contributed by atoms with Crippen molar-refractivity contribution < 1.29 is 5.11 Å². The first-order valence-electron chi connectivity index (χ1n) is 3.95. The van der Waals surface area contributed by atoms with E-state index >= 15 is 0 Å². The smallest absolute Gasteiger partial charge is 0.116 e. The number of alkyl halides is 1. The molecule has 0 radical (unpaired) electrons. The van der Waals surface area contributed by atoms with Gasteiger partial charge in [0.25, 0.3) is 0 Å². The number of halogens is 2. The van der Waals surface area contributed by atoms with Crippen LogP contribution >= 0.6 is 23.2 Å². The first kappa shape index (κ1) is 10.4. The Hall–Kier alpha value is -0.660. The van der Waals surface area contributed by atoms with Gasteiger partial charge in [-0.15, -0.1) is 11.6 Å². The lowest BCUT2D eigenvalue weighted by Crippen LogP contribution is -1.75. The summed E-state index contributed by atoms with van der Waals surface area (Å²) < 4.78 is 0. The third-order valence-electron chi connectivity index (χ3n) is 1.55. The Morgan fingerprint density at radius 3 is 2.85 bits per heavy atom. The zero-order chi connectivity index (χ0) is 9.68. The summed E-state index contributed by atoms with van der Waals surface area (Å²) >= 11 is 11.4. The van der Waals surface area contributed by atoms with Crippen LogP contribution in [0, 0.1) is 0 Å². The molecule has 70 valence electrons. The molecule has 1 N–H and O–H groups in total. The van der Waals surface area contributed by atoms with E-state index in [1.165, 1.54) is 0 Å². The normalized spacial score (nSPS) is 10.9. The predicted octanol–water partition coefficient (Wildman–Crippen LogP) is 3.69. The van der Waals surface area contributed by atoms with Crippen LogP contribution in [0.25, 0.3) is 6.08 Å². The number of phenols is 1. The molecule has 13 heavy (non-hydrogen) atoms. The van der Waals surface area contributed by atoms with Gasteiger partial charge in [-0.1, -0.05) is 23.8 Å². The van der Waals surface area contributed by atoms with Gasteiger partial charge >= 0.3 is 0 Å². The first-order chi connectivity index (χ1) is 6.24. The maximum atomic E-state index is 9.18. The van der Waals surface area contributed by atoms with Crippen molar-refractivity contribution in [1.82, 2.24) is 0 Å². The number of aromatic hydroxyl groups is 1. The fourth-order valence-electron chi connectivity index (χ4n) is 0.932. The van der Waals surface area contributed by atoms with Crippen LogP contribution in [-0.4, -0.2) is 11.0 Å². The second-order valence-electron chi connectivity index (χ2n) is 2.59. The first-order valence-corrected chi connectivity index (χ1v) is 4.86. The van der Waals surface area contributed by atoms with Gasteiger partial charge in [-0.3, -0.25) is 0 Å². The molecule has 0 fully saturated rings. The van der Waals surface area contributed by atoms with E-state index in [0.717, 1.165) is 12.0 Å². The topological polar surface area (TPSA) is 20.2 Å². The van der Waals surface area contributed by atoms with E-state index in [1.54, 1.807) is 18.2 Å². The summed E-state index contributed by atoms with van der Waals surface area (Å²) in [6.45, 7) is 0. The quantitative estimate of drug-likeness (QED) is 0.765. The number of phenolic OH excluding ortho intramolecular Hbond substituents is 1. The Morgan fingerprint density at radius 2 is 2.15 bits per heavy atom. The molecule has 0 heterocycles. The van der Waals surface area contributed by atoms with E-state index in [-0.39, 0.29) is 5.75 Å². The van der Waals surface area contributed by atoms with Gasteiger partial charge in [-0.2, -0.15) is 0 Å². The van der Waals surface area contributed by atoms with Crippen molar-refractivity contribution in [3.63, 3.8) is 0 Å². The predicted molar refractivity (Wildman–Crippen MR) is 57.5 cm³/mol. The van der Waals surface area contributed by atoms with Crippen LogP contribution in [0.1, 0.15) is 12.0 Å². The zero-order valence-electron chi connectivity index (χ0n) is 7.00. The lowest BCUT2D eigenvalue weighted by Gasteiger charge is -1.98. The molecule has 1 nitrogen and oxygen atoms in total. The second-order valence-corrected chi connectivity index (χ2v) is 3.37. The number of allylic oxidation sites excluding steroid dienone is 1. The highest BCUT2D eigenvalue weighted by Crippen LogP contribution is 2.22. The van der Waals surface area contributed by atoms with Gasteiger partial charge in [-0.25, -0.2) is 0 Å². The largest absolute Gasteiger partial charge is 0.508 e. The summed E-state index contributed by atoms with van der Waals surface area (Å²) in [5.41, 5.74) is 0.812. The minimum atomic E-state index is 0.218. The van der Waals surface area contributed by atoms with Gasteiger partial charge in [-0.05, 0) is 30.2 Å². The van der Waals surface area contributed by atoms with Crippen LogP contribution in [0.4, 0.5) is 0 Å². The Kier molecular flexibility index (Phi) is 4.13. The van der Waals surface area contributed by atoms with Gasteiger partial charge in [0.2, 0.25) is 0 Å². The van der Waals surface area contributed by atoms with Crippen molar-refractivity contribution in [3.05, 3.63) is 34.9 Å². The van der Waals surface area contributed by atoms with Crippen LogP contribution in [0.3, 0.4) is 0 Å². The molecule has 0 saturated carbocycles. The van der Waals surface area contributed by atoms with Gasteiger partial charge < -0.3 is 5.11 Å². The van der Waals surface area contributed by atoms with E-state index in [9.17, 15) is 5.11 Å². The molecule has 0 aliphatic rings. The summed E-state index contributed by atoms with van der Waals surface area (Å²) in [7, 11) is 0. The fraction of sp³-hybridized carbons (Fsp3) is 0.200. The number of hydrogen-bond donors (Lipinski definition) is 1. The molecule has 0 aliphatic heterocycles. The van der Waals surface area contributed by atoms with Crippen molar-refractivity contribution in [2.24, 2.45) is 0 Å². The molecular formula is C10H10Cl2O. The Labute approximate surface area is 87.6 Å². The van der Waals surface area contributed by atoms with Crippen molar-refractivity contribution in [1.29, 1.82) is 0 Å². The summed E-state index contributed by atoms with van der Waals surface area (Å²) in [6.07, 6.45) is 4.58. The average Bonchev–Trinajstić information content (AvgIpc) is 2.11. The van der Waals surface area contributed by atoms with E-state index in [4.69, 9.17) is 23.2 Å². The third kappa shape index (κ3) is 3.29. The summed E-state index contributed by atoms with van der Waals surface area (Å²) in [6, 6.07) is 4.84. The Morgan fingerprint density at radius 1 is 1.38 bits per heavy atom. The SMILES string of the molecule is Oc1ccc(Cl)c(C=CCCCl)c1. The van der Waals surface area contributed by atoms with E-state index < -0.39 is 0 Å². The highest BCUT2D eigenvalue weighted by Gasteiger charge is 1.96. The molecule has 3 heteroatoms. The van der Waals surface area contributed by atoms with Crippen LogP contribution in [0.5, 0.6) is 5.75 Å². The van der Waals surface area contributed by atoms with Crippen molar-refractivity contribution in [2.45, 2.75) is 6.42 Å². The number of rotatable bonds is 3. The zero-order valence-corrected chi connectivity index (χ0v) is 8.52.